The average molecular weight is 442 g/mol. The van der Waals surface area contributed by atoms with Crippen LogP contribution in [0, 0.1) is 5.82 Å². The van der Waals surface area contributed by atoms with Crippen molar-refractivity contribution in [2.45, 2.75) is 0 Å². The number of aromatic nitrogens is 2. The van der Waals surface area contributed by atoms with Gasteiger partial charge in [-0.15, -0.1) is 0 Å². The molecule has 5 rings (SSSR count). The fraction of sp³-hybridized carbons (Fsp3) is 0.0769. The third-order valence-corrected chi connectivity index (χ3v) is 5.41. The Bertz CT molecular complexity index is 1490. The number of benzene rings is 3. The molecule has 0 saturated carbocycles. The molecule has 0 bridgehead atoms. The van der Waals surface area contributed by atoms with Crippen molar-refractivity contribution in [3.05, 3.63) is 90.5 Å². The summed E-state index contributed by atoms with van der Waals surface area (Å²) in [6.45, 7) is 0. The van der Waals surface area contributed by atoms with Crippen LogP contribution in [0.2, 0.25) is 0 Å². The zero-order valence-electron chi connectivity index (χ0n) is 17.9. The van der Waals surface area contributed by atoms with Gasteiger partial charge in [0.05, 0.1) is 25.3 Å². The van der Waals surface area contributed by atoms with Crippen LogP contribution < -0.4 is 14.2 Å². The summed E-state index contributed by atoms with van der Waals surface area (Å²) in [6.07, 6.45) is 3.36. The first kappa shape index (κ1) is 20.5. The first-order valence-electron chi connectivity index (χ1n) is 10.2. The standard InChI is InChI=1S/C26H19FN2O4/c1-31-24-14-20-21(15-25(24)32-2)28-11-9-23(20)33-19-7-8-22-17(13-19)10-12-29(22)26(30)16-3-5-18(27)6-4-16/h3-15H,1-2H3. The second-order valence-electron chi connectivity index (χ2n) is 7.35. The van der Waals surface area contributed by atoms with E-state index in [9.17, 15) is 9.18 Å². The summed E-state index contributed by atoms with van der Waals surface area (Å²) in [5.74, 6) is 1.77. The second-order valence-corrected chi connectivity index (χ2v) is 7.35. The predicted molar refractivity (Wildman–Crippen MR) is 123 cm³/mol. The zero-order valence-corrected chi connectivity index (χ0v) is 17.9. The topological polar surface area (TPSA) is 62.6 Å². The number of hydrogen-bond acceptors (Lipinski definition) is 5. The van der Waals surface area contributed by atoms with Crippen LogP contribution in [0.15, 0.2) is 79.1 Å². The Morgan fingerprint density at radius 1 is 0.879 bits per heavy atom. The van der Waals surface area contributed by atoms with E-state index >= 15 is 0 Å². The minimum absolute atomic E-state index is 0.236. The van der Waals surface area contributed by atoms with Crippen LogP contribution >= 0.6 is 0 Å². The van der Waals surface area contributed by atoms with E-state index in [4.69, 9.17) is 14.2 Å². The van der Waals surface area contributed by atoms with Gasteiger partial charge in [0.2, 0.25) is 0 Å². The molecule has 2 aromatic heterocycles. The summed E-state index contributed by atoms with van der Waals surface area (Å²) in [7, 11) is 3.15. The summed E-state index contributed by atoms with van der Waals surface area (Å²) < 4.78 is 31.7. The van der Waals surface area contributed by atoms with Crippen molar-refractivity contribution in [3.8, 4) is 23.0 Å². The number of carbonyl (C=O) groups excluding carboxylic acids is 1. The van der Waals surface area contributed by atoms with Crippen molar-refractivity contribution < 1.29 is 23.4 Å². The molecule has 3 aromatic carbocycles. The first-order chi connectivity index (χ1) is 16.1. The molecule has 0 unspecified atom stereocenters. The van der Waals surface area contributed by atoms with Crippen LogP contribution in [-0.2, 0) is 0 Å². The van der Waals surface area contributed by atoms with Gasteiger partial charge in [0.25, 0.3) is 5.91 Å². The molecule has 0 aliphatic rings. The first-order valence-corrected chi connectivity index (χ1v) is 10.2. The van der Waals surface area contributed by atoms with Crippen molar-refractivity contribution in [1.29, 1.82) is 0 Å². The molecule has 0 saturated heterocycles. The highest BCUT2D eigenvalue weighted by atomic mass is 19.1. The maximum atomic E-state index is 13.2. The van der Waals surface area contributed by atoms with Gasteiger partial charge in [0, 0.05) is 34.8 Å². The van der Waals surface area contributed by atoms with E-state index in [1.807, 2.05) is 24.3 Å². The van der Waals surface area contributed by atoms with Crippen molar-refractivity contribution in [2.24, 2.45) is 0 Å². The number of halogens is 1. The van der Waals surface area contributed by atoms with Gasteiger partial charge in [0.15, 0.2) is 11.5 Å². The minimum atomic E-state index is -0.384. The average Bonchev–Trinajstić information content (AvgIpc) is 3.26. The van der Waals surface area contributed by atoms with Crippen LogP contribution in [-0.4, -0.2) is 29.7 Å². The number of ether oxygens (including phenoxy) is 3. The number of rotatable bonds is 5. The van der Waals surface area contributed by atoms with E-state index < -0.39 is 0 Å². The molecule has 7 heteroatoms. The molecule has 0 atom stereocenters. The molecule has 0 N–H and O–H groups in total. The smallest absolute Gasteiger partial charge is 0.262 e. The molecule has 0 amide bonds. The maximum absolute atomic E-state index is 13.2. The van der Waals surface area contributed by atoms with Crippen molar-refractivity contribution in [1.82, 2.24) is 9.55 Å². The quantitative estimate of drug-likeness (QED) is 0.343. The molecule has 164 valence electrons. The number of methoxy groups -OCH3 is 2. The van der Waals surface area contributed by atoms with Crippen LogP contribution in [0.25, 0.3) is 21.8 Å². The van der Waals surface area contributed by atoms with E-state index in [-0.39, 0.29) is 11.7 Å². The molecular weight excluding hydrogens is 423 g/mol. The normalized spacial score (nSPS) is 11.0. The van der Waals surface area contributed by atoms with Crippen LogP contribution in [0.1, 0.15) is 10.4 Å². The lowest BCUT2D eigenvalue weighted by atomic mass is 10.1. The van der Waals surface area contributed by atoms with Gasteiger partial charge >= 0.3 is 0 Å². The third-order valence-electron chi connectivity index (χ3n) is 5.41. The van der Waals surface area contributed by atoms with Crippen LogP contribution in [0.4, 0.5) is 4.39 Å². The van der Waals surface area contributed by atoms with Gasteiger partial charge in [-0.2, -0.15) is 0 Å². The molecule has 0 fully saturated rings. The molecule has 0 aliphatic carbocycles. The molecule has 0 aliphatic heterocycles. The van der Waals surface area contributed by atoms with Gasteiger partial charge in [0.1, 0.15) is 17.3 Å². The lowest BCUT2D eigenvalue weighted by Crippen LogP contribution is -2.10. The molecule has 0 spiro atoms. The van der Waals surface area contributed by atoms with E-state index in [1.165, 1.54) is 28.8 Å². The Balaban J connectivity index is 1.49. The largest absolute Gasteiger partial charge is 0.493 e. The summed E-state index contributed by atoms with van der Waals surface area (Å²) in [5.41, 5.74) is 1.84. The molecular formula is C26H19FN2O4. The Morgan fingerprint density at radius 2 is 1.64 bits per heavy atom. The molecule has 2 heterocycles. The summed E-state index contributed by atoms with van der Waals surface area (Å²) in [4.78, 5) is 17.2. The Labute approximate surface area is 188 Å². The molecule has 5 aromatic rings. The summed E-state index contributed by atoms with van der Waals surface area (Å²) >= 11 is 0. The molecule has 33 heavy (non-hydrogen) atoms. The number of carbonyl (C=O) groups is 1. The van der Waals surface area contributed by atoms with E-state index in [2.05, 4.69) is 4.98 Å². The lowest BCUT2D eigenvalue weighted by molar-refractivity contribution is 0.0965. The fourth-order valence-corrected chi connectivity index (χ4v) is 3.76. The highest BCUT2D eigenvalue weighted by molar-refractivity contribution is 6.02. The number of nitrogens with zero attached hydrogens (tertiary/aromatic N) is 2. The predicted octanol–water partition coefficient (Wildman–Crippen LogP) is 5.83. The van der Waals surface area contributed by atoms with E-state index in [1.54, 1.807) is 44.8 Å². The van der Waals surface area contributed by atoms with Crippen LogP contribution in [0.5, 0.6) is 23.0 Å². The Kier molecular flexibility index (Phi) is 5.14. The van der Waals surface area contributed by atoms with Gasteiger partial charge in [-0.1, -0.05) is 0 Å². The number of fused-ring (bicyclic) bond motifs is 2. The monoisotopic (exact) mass is 442 g/mol. The Hall–Kier alpha value is -4.39. The maximum Gasteiger partial charge on any atom is 0.262 e. The van der Waals surface area contributed by atoms with Crippen LogP contribution in [0.3, 0.4) is 0 Å². The minimum Gasteiger partial charge on any atom is -0.493 e. The van der Waals surface area contributed by atoms with E-state index in [0.29, 0.717) is 34.1 Å². The van der Waals surface area contributed by atoms with Crippen molar-refractivity contribution in [3.63, 3.8) is 0 Å². The fourth-order valence-electron chi connectivity index (χ4n) is 3.76. The zero-order chi connectivity index (χ0) is 22.9. The summed E-state index contributed by atoms with van der Waals surface area (Å²) in [6, 6.07) is 18.2. The SMILES string of the molecule is COc1cc2nccc(Oc3ccc4c(ccn4C(=O)c4ccc(F)cc4)c3)c2cc1OC. The number of pyridine rings is 1. The lowest BCUT2D eigenvalue weighted by Gasteiger charge is -2.12. The van der Waals surface area contributed by atoms with E-state index in [0.717, 1.165) is 16.3 Å². The van der Waals surface area contributed by atoms with Gasteiger partial charge in [-0.3, -0.25) is 14.3 Å². The Morgan fingerprint density at radius 3 is 2.39 bits per heavy atom. The molecule has 0 radical (unpaired) electrons. The van der Waals surface area contributed by atoms with Gasteiger partial charge in [-0.05, 0) is 60.7 Å². The highest BCUT2D eigenvalue weighted by Crippen LogP contribution is 2.37. The van der Waals surface area contributed by atoms with Crippen molar-refractivity contribution >= 4 is 27.7 Å². The second kappa shape index (κ2) is 8.27. The highest BCUT2D eigenvalue weighted by Gasteiger charge is 2.14. The third kappa shape index (κ3) is 3.74. The van der Waals surface area contributed by atoms with Gasteiger partial charge < -0.3 is 14.2 Å². The van der Waals surface area contributed by atoms with Gasteiger partial charge in [-0.25, -0.2) is 4.39 Å². The summed E-state index contributed by atoms with van der Waals surface area (Å²) in [5, 5.41) is 1.61. The van der Waals surface area contributed by atoms with Crippen molar-refractivity contribution in [2.75, 3.05) is 14.2 Å². The molecule has 6 nitrogen and oxygen atoms in total. The number of hydrogen-bond donors (Lipinski definition) is 0.